The van der Waals surface area contributed by atoms with Gasteiger partial charge in [-0.25, -0.2) is 0 Å². The number of benzene rings is 4. The highest BCUT2D eigenvalue weighted by molar-refractivity contribution is 9.10. The molecule has 5 rings (SSSR count). The van der Waals surface area contributed by atoms with Crippen molar-refractivity contribution in [3.05, 3.63) is 95.5 Å². The third kappa shape index (κ3) is 2.57. The van der Waals surface area contributed by atoms with Gasteiger partial charge in [0.2, 0.25) is 0 Å². The number of rotatable bonds is 2. The number of thiophene rings is 1. The van der Waals surface area contributed by atoms with Gasteiger partial charge in [-0.1, -0.05) is 82.7 Å². The quantitative estimate of drug-likeness (QED) is 0.273. The van der Waals surface area contributed by atoms with E-state index in [1.165, 1.54) is 42.4 Å². The van der Waals surface area contributed by atoms with Gasteiger partial charge in [-0.3, -0.25) is 0 Å². The molecule has 4 aromatic carbocycles. The molecule has 0 unspecified atom stereocenters. The Morgan fingerprint density at radius 1 is 0.577 bits per heavy atom. The second kappa shape index (κ2) is 6.39. The monoisotopic (exact) mass is 414 g/mol. The molecule has 0 aliphatic rings. The third-order valence-corrected chi connectivity index (χ3v) is 6.59. The van der Waals surface area contributed by atoms with Crippen molar-refractivity contribution in [3.8, 4) is 22.3 Å². The molecule has 1 heterocycles. The summed E-state index contributed by atoms with van der Waals surface area (Å²) >= 11 is 5.55. The van der Waals surface area contributed by atoms with Crippen LogP contribution in [-0.2, 0) is 0 Å². The molecule has 0 N–H and O–H groups in total. The van der Waals surface area contributed by atoms with Gasteiger partial charge in [0.25, 0.3) is 0 Å². The topological polar surface area (TPSA) is 0 Å². The van der Waals surface area contributed by atoms with Crippen LogP contribution in [0.3, 0.4) is 0 Å². The summed E-state index contributed by atoms with van der Waals surface area (Å²) in [5.41, 5.74) is 5.00. The van der Waals surface area contributed by atoms with Gasteiger partial charge in [0, 0.05) is 24.6 Å². The molecular formula is C24H15BrS. The lowest BCUT2D eigenvalue weighted by molar-refractivity contribution is 1.58. The largest absolute Gasteiger partial charge is 0.135 e. The Hall–Kier alpha value is -2.42. The van der Waals surface area contributed by atoms with E-state index in [4.69, 9.17) is 0 Å². The summed E-state index contributed by atoms with van der Waals surface area (Å²) < 4.78 is 3.81. The van der Waals surface area contributed by atoms with E-state index in [0.29, 0.717) is 0 Å². The van der Waals surface area contributed by atoms with Gasteiger partial charge in [-0.05, 0) is 46.5 Å². The minimum atomic E-state index is 1.12. The van der Waals surface area contributed by atoms with E-state index in [0.717, 1.165) is 4.47 Å². The molecule has 0 amide bonds. The first-order valence-corrected chi connectivity index (χ1v) is 10.2. The van der Waals surface area contributed by atoms with Crippen molar-refractivity contribution in [2.75, 3.05) is 0 Å². The minimum Gasteiger partial charge on any atom is -0.135 e. The van der Waals surface area contributed by atoms with E-state index in [9.17, 15) is 0 Å². The Kier molecular flexibility index (Phi) is 3.88. The second-order valence-electron chi connectivity index (χ2n) is 6.34. The number of halogens is 1. The van der Waals surface area contributed by atoms with E-state index in [1.54, 1.807) is 0 Å². The lowest BCUT2D eigenvalue weighted by atomic mass is 9.96. The smallest absolute Gasteiger partial charge is 0.0361 e. The SMILES string of the molecule is Brc1ccccc1-c1cccc(-c2cccc3sc4ccccc4c23)c1. The van der Waals surface area contributed by atoms with Crippen LogP contribution in [0.5, 0.6) is 0 Å². The highest BCUT2D eigenvalue weighted by Gasteiger charge is 2.11. The summed E-state index contributed by atoms with van der Waals surface area (Å²) in [5.74, 6) is 0. The van der Waals surface area contributed by atoms with E-state index < -0.39 is 0 Å². The molecular weight excluding hydrogens is 400 g/mol. The molecule has 0 nitrogen and oxygen atoms in total. The predicted octanol–water partition coefficient (Wildman–Crippen LogP) is 8.15. The Morgan fingerprint density at radius 2 is 1.23 bits per heavy atom. The maximum Gasteiger partial charge on any atom is 0.0361 e. The molecule has 0 fully saturated rings. The van der Waals surface area contributed by atoms with Gasteiger partial charge in [-0.15, -0.1) is 11.3 Å². The Labute approximate surface area is 164 Å². The molecule has 0 aliphatic heterocycles. The zero-order chi connectivity index (χ0) is 17.5. The summed E-state index contributed by atoms with van der Waals surface area (Å²) in [6, 6.07) is 32.5. The average molecular weight is 415 g/mol. The molecule has 0 bridgehead atoms. The first-order valence-electron chi connectivity index (χ1n) is 8.57. The maximum absolute atomic E-state index is 3.68. The van der Waals surface area contributed by atoms with Crippen LogP contribution in [0, 0.1) is 0 Å². The fourth-order valence-corrected chi connectivity index (χ4v) is 5.21. The van der Waals surface area contributed by atoms with Crippen molar-refractivity contribution >= 4 is 47.4 Å². The van der Waals surface area contributed by atoms with E-state index in [-0.39, 0.29) is 0 Å². The van der Waals surface area contributed by atoms with Crippen molar-refractivity contribution < 1.29 is 0 Å². The van der Waals surface area contributed by atoms with Crippen LogP contribution in [0.25, 0.3) is 42.4 Å². The fraction of sp³-hybridized carbons (Fsp3) is 0. The molecule has 0 spiro atoms. The number of fused-ring (bicyclic) bond motifs is 3. The molecule has 0 atom stereocenters. The minimum absolute atomic E-state index is 1.12. The zero-order valence-electron chi connectivity index (χ0n) is 13.9. The fourth-order valence-electron chi connectivity index (χ4n) is 3.56. The summed E-state index contributed by atoms with van der Waals surface area (Å²) in [6.45, 7) is 0. The van der Waals surface area contributed by atoms with Gasteiger partial charge in [-0.2, -0.15) is 0 Å². The van der Waals surface area contributed by atoms with Crippen LogP contribution in [0.1, 0.15) is 0 Å². The Morgan fingerprint density at radius 3 is 2.12 bits per heavy atom. The average Bonchev–Trinajstić information content (AvgIpc) is 3.07. The maximum atomic E-state index is 3.68. The lowest BCUT2D eigenvalue weighted by Crippen LogP contribution is -1.83. The normalized spacial score (nSPS) is 11.3. The van der Waals surface area contributed by atoms with Crippen molar-refractivity contribution in [1.29, 1.82) is 0 Å². The third-order valence-electron chi connectivity index (χ3n) is 4.76. The molecule has 1 aromatic heterocycles. The summed E-state index contributed by atoms with van der Waals surface area (Å²) in [7, 11) is 0. The second-order valence-corrected chi connectivity index (χ2v) is 8.28. The predicted molar refractivity (Wildman–Crippen MR) is 118 cm³/mol. The highest BCUT2D eigenvalue weighted by atomic mass is 79.9. The van der Waals surface area contributed by atoms with Crippen molar-refractivity contribution in [1.82, 2.24) is 0 Å². The first kappa shape index (κ1) is 15.8. The van der Waals surface area contributed by atoms with Crippen molar-refractivity contribution in [2.45, 2.75) is 0 Å². The van der Waals surface area contributed by atoms with Gasteiger partial charge in [0.05, 0.1) is 0 Å². The molecule has 124 valence electrons. The van der Waals surface area contributed by atoms with Crippen LogP contribution in [0.4, 0.5) is 0 Å². The molecule has 5 aromatic rings. The van der Waals surface area contributed by atoms with Crippen LogP contribution in [-0.4, -0.2) is 0 Å². The molecule has 0 saturated carbocycles. The molecule has 0 radical (unpaired) electrons. The summed E-state index contributed by atoms with van der Waals surface area (Å²) in [4.78, 5) is 0. The highest BCUT2D eigenvalue weighted by Crippen LogP contribution is 2.40. The Balaban J connectivity index is 1.77. The summed E-state index contributed by atoms with van der Waals surface area (Å²) in [6.07, 6.45) is 0. The Bertz CT molecular complexity index is 1250. The zero-order valence-corrected chi connectivity index (χ0v) is 16.3. The molecule has 26 heavy (non-hydrogen) atoms. The molecule has 2 heteroatoms. The van der Waals surface area contributed by atoms with Gasteiger partial charge < -0.3 is 0 Å². The lowest BCUT2D eigenvalue weighted by Gasteiger charge is -2.09. The van der Waals surface area contributed by atoms with Crippen LogP contribution in [0.2, 0.25) is 0 Å². The first-order chi connectivity index (χ1) is 12.8. The van der Waals surface area contributed by atoms with Crippen molar-refractivity contribution in [3.63, 3.8) is 0 Å². The van der Waals surface area contributed by atoms with E-state index in [2.05, 4.69) is 107 Å². The number of hydrogen-bond acceptors (Lipinski definition) is 1. The molecule has 0 aliphatic carbocycles. The summed E-state index contributed by atoms with van der Waals surface area (Å²) in [5, 5.41) is 2.70. The van der Waals surface area contributed by atoms with Gasteiger partial charge >= 0.3 is 0 Å². The van der Waals surface area contributed by atoms with Gasteiger partial charge in [0.1, 0.15) is 0 Å². The van der Waals surface area contributed by atoms with Crippen molar-refractivity contribution in [2.24, 2.45) is 0 Å². The van der Waals surface area contributed by atoms with Crippen LogP contribution in [0.15, 0.2) is 95.5 Å². The standard InChI is InChI=1S/C24H15BrS/c25-21-12-3-1-9-18(21)16-7-5-8-17(15-16)19-11-6-14-23-24(19)20-10-2-4-13-22(20)26-23/h1-15H. The molecule has 0 saturated heterocycles. The van der Waals surface area contributed by atoms with E-state index >= 15 is 0 Å². The number of hydrogen-bond donors (Lipinski definition) is 0. The van der Waals surface area contributed by atoms with E-state index in [1.807, 2.05) is 11.3 Å². The van der Waals surface area contributed by atoms with Crippen LogP contribution >= 0.6 is 27.3 Å². The van der Waals surface area contributed by atoms with Gasteiger partial charge in [0.15, 0.2) is 0 Å². The van der Waals surface area contributed by atoms with Crippen LogP contribution < -0.4 is 0 Å².